The fraction of sp³-hybridized carbons (Fsp3) is 0.333. The predicted octanol–water partition coefficient (Wildman–Crippen LogP) is 5.58. The van der Waals surface area contributed by atoms with Gasteiger partial charge >= 0.3 is 0 Å². The molecule has 1 atom stereocenters. The second-order valence-electron chi connectivity index (χ2n) is 7.58. The smallest absolute Gasteiger partial charge is 0.140 e. The first-order chi connectivity index (χ1) is 16.1. The van der Waals surface area contributed by atoms with E-state index in [9.17, 15) is 0 Å². The Kier molecular flexibility index (Phi) is 12.7. The summed E-state index contributed by atoms with van der Waals surface area (Å²) < 4.78 is 5.52. The first-order valence-corrected chi connectivity index (χ1v) is 11.9. The van der Waals surface area contributed by atoms with Gasteiger partial charge in [0, 0.05) is 42.5 Å². The van der Waals surface area contributed by atoms with E-state index in [1.807, 2.05) is 36.6 Å². The van der Waals surface area contributed by atoms with Gasteiger partial charge in [0.2, 0.25) is 0 Å². The van der Waals surface area contributed by atoms with Gasteiger partial charge in [-0.2, -0.15) is 0 Å². The summed E-state index contributed by atoms with van der Waals surface area (Å²) in [5.41, 5.74) is 3.22. The highest BCUT2D eigenvalue weighted by Crippen LogP contribution is 2.19. The van der Waals surface area contributed by atoms with E-state index in [1.165, 1.54) is 5.56 Å². The van der Waals surface area contributed by atoms with Crippen molar-refractivity contribution in [1.29, 1.82) is 0 Å². The van der Waals surface area contributed by atoms with Crippen molar-refractivity contribution in [2.24, 2.45) is 15.9 Å². The molecule has 0 aromatic heterocycles. The van der Waals surface area contributed by atoms with Gasteiger partial charge in [0.25, 0.3) is 0 Å². The van der Waals surface area contributed by atoms with Crippen LogP contribution in [0.25, 0.3) is 0 Å². The van der Waals surface area contributed by atoms with Crippen LogP contribution < -0.4 is 10.6 Å². The van der Waals surface area contributed by atoms with Crippen molar-refractivity contribution >= 4 is 24.7 Å². The lowest BCUT2D eigenvalue weighted by Gasteiger charge is -2.20. The quantitative estimate of drug-likeness (QED) is 0.296. The molecule has 2 rings (SSSR count). The Balaban J connectivity index is 2.09. The van der Waals surface area contributed by atoms with Crippen LogP contribution in [-0.4, -0.2) is 31.8 Å². The largest absolute Gasteiger partial charge is 0.380 e. The molecule has 0 saturated carbocycles. The second kappa shape index (κ2) is 15.9. The standard InChI is InChI=1S/C27H36N4OS/c1-4-18-32-19-17-30-27-26(33)21-28-15-10-9-13-25(14-16-29-27)31-22(3)24(5-2)20-23-11-7-6-8-12-23/h6-16,21,24,31,33H,3-5,17-20H2,1-2H3,(H,29,30). The van der Waals surface area contributed by atoms with Gasteiger partial charge in [-0.3, -0.25) is 9.98 Å². The molecule has 1 unspecified atom stereocenters. The van der Waals surface area contributed by atoms with E-state index >= 15 is 0 Å². The molecule has 0 spiro atoms. The lowest BCUT2D eigenvalue weighted by molar-refractivity contribution is 0.142. The molecule has 0 saturated heterocycles. The Labute approximate surface area is 204 Å². The van der Waals surface area contributed by atoms with Gasteiger partial charge in [0.1, 0.15) is 5.84 Å². The zero-order valence-corrected chi connectivity index (χ0v) is 20.6. The minimum absolute atomic E-state index is 0.328. The van der Waals surface area contributed by atoms with Crippen molar-refractivity contribution in [1.82, 2.24) is 10.6 Å². The maximum Gasteiger partial charge on any atom is 0.140 e. The summed E-state index contributed by atoms with van der Waals surface area (Å²) in [5, 5.41) is 6.71. The van der Waals surface area contributed by atoms with Crippen LogP contribution in [-0.2, 0) is 11.2 Å². The van der Waals surface area contributed by atoms with Crippen molar-refractivity contribution in [3.63, 3.8) is 0 Å². The molecule has 0 aliphatic carbocycles. The van der Waals surface area contributed by atoms with E-state index in [-0.39, 0.29) is 0 Å². The van der Waals surface area contributed by atoms with Gasteiger partial charge in [-0.1, -0.05) is 56.8 Å². The Hall–Kier alpha value is -2.83. The summed E-state index contributed by atoms with van der Waals surface area (Å²) in [7, 11) is 0. The summed E-state index contributed by atoms with van der Waals surface area (Å²) in [6.45, 7) is 10.5. The SMILES string of the molecule is C=C(NC1=C/C=C\C=N/C=C(/S)C(=NCCOCCC)N/C=C\1)C(CC)Cc1ccccc1. The number of nitrogens with zero attached hydrogens (tertiary/aromatic N) is 2. The molecule has 0 bridgehead atoms. The van der Waals surface area contributed by atoms with Crippen molar-refractivity contribution < 1.29 is 4.74 Å². The van der Waals surface area contributed by atoms with Crippen molar-refractivity contribution in [3.05, 3.63) is 95.5 Å². The Bertz CT molecular complexity index is 913. The molecule has 1 aromatic carbocycles. The van der Waals surface area contributed by atoms with Crippen LogP contribution in [0, 0.1) is 5.92 Å². The average molecular weight is 465 g/mol. The van der Waals surface area contributed by atoms with Crippen LogP contribution in [0.4, 0.5) is 0 Å². The molecule has 5 nitrogen and oxygen atoms in total. The summed E-state index contributed by atoms with van der Waals surface area (Å²) in [4.78, 5) is 9.50. The highest BCUT2D eigenvalue weighted by atomic mass is 32.1. The third-order valence-electron chi connectivity index (χ3n) is 4.95. The number of rotatable bonds is 11. The molecule has 33 heavy (non-hydrogen) atoms. The van der Waals surface area contributed by atoms with Gasteiger partial charge in [0.15, 0.2) is 0 Å². The fourth-order valence-corrected chi connectivity index (χ4v) is 3.35. The van der Waals surface area contributed by atoms with Gasteiger partial charge < -0.3 is 15.4 Å². The Morgan fingerprint density at radius 1 is 1.21 bits per heavy atom. The topological polar surface area (TPSA) is 58.0 Å². The van der Waals surface area contributed by atoms with Crippen LogP contribution in [0.1, 0.15) is 32.3 Å². The summed E-state index contributed by atoms with van der Waals surface area (Å²) in [6.07, 6.45) is 16.0. The normalized spacial score (nSPS) is 22.3. The molecule has 6 heteroatoms. The number of benzene rings is 1. The number of thiol groups is 1. The molecular weight excluding hydrogens is 428 g/mol. The predicted molar refractivity (Wildman–Crippen MR) is 145 cm³/mol. The van der Waals surface area contributed by atoms with E-state index in [0.717, 1.165) is 37.3 Å². The zero-order valence-electron chi connectivity index (χ0n) is 19.7. The van der Waals surface area contributed by atoms with Gasteiger partial charge in [-0.25, -0.2) is 0 Å². The highest BCUT2D eigenvalue weighted by Gasteiger charge is 2.12. The highest BCUT2D eigenvalue weighted by molar-refractivity contribution is 7.85. The molecule has 0 fully saturated rings. The Morgan fingerprint density at radius 3 is 2.79 bits per heavy atom. The molecule has 176 valence electrons. The number of hydrogen-bond acceptors (Lipinski definition) is 5. The van der Waals surface area contributed by atoms with E-state index in [2.05, 4.69) is 77.9 Å². The van der Waals surface area contributed by atoms with E-state index < -0.39 is 0 Å². The number of hydrogen-bond donors (Lipinski definition) is 3. The number of amidine groups is 1. The van der Waals surface area contributed by atoms with E-state index in [0.29, 0.717) is 29.8 Å². The van der Waals surface area contributed by atoms with E-state index in [1.54, 1.807) is 12.4 Å². The molecule has 1 aliphatic heterocycles. The van der Waals surface area contributed by atoms with Gasteiger partial charge in [-0.15, -0.1) is 12.6 Å². The maximum atomic E-state index is 5.52. The van der Waals surface area contributed by atoms with Crippen LogP contribution in [0.5, 0.6) is 0 Å². The maximum absolute atomic E-state index is 5.52. The third kappa shape index (κ3) is 10.6. The summed E-state index contributed by atoms with van der Waals surface area (Å²) >= 11 is 4.54. The molecular formula is C27H36N4OS. The zero-order chi connectivity index (χ0) is 23.7. The van der Waals surface area contributed by atoms with Crippen LogP contribution in [0.3, 0.4) is 0 Å². The Morgan fingerprint density at radius 2 is 2.03 bits per heavy atom. The lowest BCUT2D eigenvalue weighted by Crippen LogP contribution is -2.22. The molecule has 2 N–H and O–H groups in total. The number of aliphatic imine (C=N–C) groups is 2. The fourth-order valence-electron chi connectivity index (χ4n) is 3.15. The molecule has 1 aliphatic rings. The van der Waals surface area contributed by atoms with Crippen molar-refractivity contribution in [3.8, 4) is 0 Å². The first kappa shape index (κ1) is 26.4. The van der Waals surface area contributed by atoms with Crippen molar-refractivity contribution in [2.75, 3.05) is 19.8 Å². The molecule has 1 aromatic rings. The minimum atomic E-state index is 0.328. The second-order valence-corrected chi connectivity index (χ2v) is 8.07. The van der Waals surface area contributed by atoms with E-state index in [4.69, 9.17) is 4.74 Å². The number of allylic oxidation sites excluding steroid dienone is 5. The van der Waals surface area contributed by atoms with Crippen LogP contribution >= 0.6 is 12.6 Å². The van der Waals surface area contributed by atoms with Gasteiger partial charge in [0.05, 0.1) is 18.1 Å². The average Bonchev–Trinajstić information content (AvgIpc) is 2.82. The minimum Gasteiger partial charge on any atom is -0.380 e. The van der Waals surface area contributed by atoms with Crippen molar-refractivity contribution in [2.45, 2.75) is 33.1 Å². The number of nitrogens with one attached hydrogen (secondary N) is 2. The monoisotopic (exact) mass is 464 g/mol. The molecule has 1 heterocycles. The van der Waals surface area contributed by atoms with Crippen LogP contribution in [0.2, 0.25) is 0 Å². The summed E-state index contributed by atoms with van der Waals surface area (Å²) in [6, 6.07) is 10.5. The van der Waals surface area contributed by atoms with Crippen LogP contribution in [0.15, 0.2) is 99.9 Å². The lowest BCUT2D eigenvalue weighted by atomic mass is 9.94. The molecule has 0 radical (unpaired) electrons. The number of ether oxygens (including phenoxy) is 1. The first-order valence-electron chi connectivity index (χ1n) is 11.5. The third-order valence-corrected chi connectivity index (χ3v) is 5.28. The molecule has 0 amide bonds. The van der Waals surface area contributed by atoms with Gasteiger partial charge in [-0.05, 0) is 43.1 Å². The summed E-state index contributed by atoms with van der Waals surface area (Å²) in [5.74, 6) is 0.971.